The third kappa shape index (κ3) is 4.10. The number of anilines is 1. The molecule has 0 bridgehead atoms. The molecule has 2 aromatic heterocycles. The Labute approximate surface area is 169 Å². The van der Waals surface area contributed by atoms with Crippen LogP contribution in [-0.4, -0.2) is 55.3 Å². The van der Waals surface area contributed by atoms with E-state index in [2.05, 4.69) is 26.2 Å². The lowest BCUT2D eigenvalue weighted by Gasteiger charge is -2.35. The van der Waals surface area contributed by atoms with Crippen LogP contribution in [-0.2, 0) is 6.54 Å². The van der Waals surface area contributed by atoms with E-state index >= 15 is 0 Å². The summed E-state index contributed by atoms with van der Waals surface area (Å²) in [5, 5.41) is 3.12. The minimum Gasteiger partial charge on any atom is -0.497 e. The summed E-state index contributed by atoms with van der Waals surface area (Å²) < 4.78 is 10.8. The van der Waals surface area contributed by atoms with Crippen molar-refractivity contribution in [1.82, 2.24) is 14.9 Å². The molecule has 1 aliphatic rings. The Bertz CT molecular complexity index is 908. The summed E-state index contributed by atoms with van der Waals surface area (Å²) in [6.45, 7) is 4.86. The maximum Gasteiger partial charge on any atom is 0.132 e. The van der Waals surface area contributed by atoms with Gasteiger partial charge in [0.15, 0.2) is 0 Å². The van der Waals surface area contributed by atoms with E-state index in [1.165, 1.54) is 0 Å². The molecule has 0 N–H and O–H groups in total. The first-order valence-corrected chi connectivity index (χ1v) is 10.2. The molecule has 0 amide bonds. The molecule has 1 fully saturated rings. The lowest BCUT2D eigenvalue weighted by atomic mass is 10.2. The van der Waals surface area contributed by atoms with Crippen LogP contribution < -0.4 is 14.4 Å². The molecule has 0 aliphatic carbocycles. The molecule has 1 aliphatic heterocycles. The molecule has 3 aromatic rings. The van der Waals surface area contributed by atoms with Crippen LogP contribution in [0.3, 0.4) is 0 Å². The van der Waals surface area contributed by atoms with E-state index in [-0.39, 0.29) is 0 Å². The quantitative estimate of drug-likeness (QED) is 0.635. The van der Waals surface area contributed by atoms with Crippen molar-refractivity contribution in [3.8, 4) is 22.1 Å². The molecule has 0 saturated carbocycles. The van der Waals surface area contributed by atoms with E-state index in [0.717, 1.165) is 66.3 Å². The first-order valence-electron chi connectivity index (χ1n) is 9.32. The fraction of sp³-hybridized carbons (Fsp3) is 0.333. The van der Waals surface area contributed by atoms with Gasteiger partial charge in [0.25, 0.3) is 0 Å². The van der Waals surface area contributed by atoms with E-state index in [1.54, 1.807) is 25.6 Å². The van der Waals surface area contributed by atoms with Gasteiger partial charge in [0.1, 0.15) is 22.3 Å². The van der Waals surface area contributed by atoms with Gasteiger partial charge in [-0.3, -0.25) is 4.90 Å². The Morgan fingerprint density at radius 3 is 2.61 bits per heavy atom. The van der Waals surface area contributed by atoms with Crippen molar-refractivity contribution >= 4 is 17.2 Å². The second-order valence-corrected chi connectivity index (χ2v) is 7.52. The van der Waals surface area contributed by atoms with Gasteiger partial charge in [0, 0.05) is 50.4 Å². The first kappa shape index (κ1) is 18.7. The number of nitrogens with zero attached hydrogens (tertiary/aromatic N) is 4. The Morgan fingerprint density at radius 2 is 1.89 bits per heavy atom. The van der Waals surface area contributed by atoms with Crippen LogP contribution in [0.25, 0.3) is 10.6 Å². The Hall–Kier alpha value is -2.64. The molecule has 0 atom stereocenters. The smallest absolute Gasteiger partial charge is 0.132 e. The van der Waals surface area contributed by atoms with Crippen LogP contribution in [0.4, 0.5) is 5.82 Å². The number of piperazine rings is 1. The maximum absolute atomic E-state index is 5.52. The van der Waals surface area contributed by atoms with Crippen molar-refractivity contribution < 1.29 is 9.47 Å². The molecule has 146 valence electrons. The largest absolute Gasteiger partial charge is 0.497 e. The molecule has 7 heteroatoms. The zero-order valence-corrected chi connectivity index (χ0v) is 17.0. The third-order valence-electron chi connectivity index (χ3n) is 4.92. The highest BCUT2D eigenvalue weighted by atomic mass is 32.1. The minimum atomic E-state index is 0.781. The van der Waals surface area contributed by atoms with Gasteiger partial charge in [-0.15, -0.1) is 11.3 Å². The van der Waals surface area contributed by atoms with Crippen molar-refractivity contribution in [3.05, 3.63) is 53.7 Å². The maximum atomic E-state index is 5.52. The van der Waals surface area contributed by atoms with E-state index in [9.17, 15) is 0 Å². The molecule has 1 aromatic carbocycles. The number of hydrogen-bond acceptors (Lipinski definition) is 7. The monoisotopic (exact) mass is 396 g/mol. The summed E-state index contributed by atoms with van der Waals surface area (Å²) in [6.07, 6.45) is 1.85. The van der Waals surface area contributed by atoms with Gasteiger partial charge in [-0.1, -0.05) is 6.07 Å². The van der Waals surface area contributed by atoms with Crippen molar-refractivity contribution in [2.75, 3.05) is 45.3 Å². The Kier molecular flexibility index (Phi) is 5.73. The second-order valence-electron chi connectivity index (χ2n) is 6.66. The number of benzene rings is 1. The van der Waals surface area contributed by atoms with Crippen molar-refractivity contribution in [3.63, 3.8) is 0 Å². The van der Waals surface area contributed by atoms with E-state index < -0.39 is 0 Å². The van der Waals surface area contributed by atoms with E-state index in [4.69, 9.17) is 14.5 Å². The number of aromatic nitrogens is 2. The van der Waals surface area contributed by atoms with Gasteiger partial charge in [0.2, 0.25) is 0 Å². The number of methoxy groups -OCH3 is 2. The lowest BCUT2D eigenvalue weighted by Crippen LogP contribution is -2.46. The van der Waals surface area contributed by atoms with Crippen LogP contribution in [0.2, 0.25) is 0 Å². The standard InChI is InChI=1S/C21H24N4O2S/c1-26-17-6-7-18(19(13-17)27-2)21-23-16(15-28-21)14-24-9-11-25(12-10-24)20-5-3-4-8-22-20/h3-8,13,15H,9-12,14H2,1-2H3. The Morgan fingerprint density at radius 1 is 1.04 bits per heavy atom. The van der Waals surface area contributed by atoms with Gasteiger partial charge < -0.3 is 14.4 Å². The average molecular weight is 397 g/mol. The van der Waals surface area contributed by atoms with Crippen LogP contribution in [0.1, 0.15) is 5.69 Å². The molecular weight excluding hydrogens is 372 g/mol. The zero-order chi connectivity index (χ0) is 19.3. The van der Waals surface area contributed by atoms with Crippen molar-refractivity contribution in [1.29, 1.82) is 0 Å². The molecule has 0 radical (unpaired) electrons. The summed E-state index contributed by atoms with van der Waals surface area (Å²) in [5.74, 6) is 2.62. The van der Waals surface area contributed by atoms with Crippen LogP contribution in [0, 0.1) is 0 Å². The van der Waals surface area contributed by atoms with Gasteiger partial charge in [-0.25, -0.2) is 9.97 Å². The van der Waals surface area contributed by atoms with Gasteiger partial charge in [-0.2, -0.15) is 0 Å². The molecule has 0 unspecified atom stereocenters. The number of ether oxygens (including phenoxy) is 2. The summed E-state index contributed by atoms with van der Waals surface area (Å²) in [4.78, 5) is 14.1. The number of rotatable bonds is 6. The van der Waals surface area contributed by atoms with Gasteiger partial charge in [-0.05, 0) is 24.3 Å². The summed E-state index contributed by atoms with van der Waals surface area (Å²) in [7, 11) is 3.33. The second kappa shape index (κ2) is 8.58. The lowest BCUT2D eigenvalue weighted by molar-refractivity contribution is 0.247. The van der Waals surface area contributed by atoms with Gasteiger partial charge >= 0.3 is 0 Å². The SMILES string of the molecule is COc1ccc(-c2nc(CN3CCN(c4ccccn4)CC3)cs2)c(OC)c1. The van der Waals surface area contributed by atoms with Gasteiger partial charge in [0.05, 0.1) is 25.5 Å². The predicted octanol–water partition coefficient (Wildman–Crippen LogP) is 3.54. The normalized spacial score (nSPS) is 14.9. The van der Waals surface area contributed by atoms with E-state index in [0.29, 0.717) is 0 Å². The summed E-state index contributed by atoms with van der Waals surface area (Å²) in [6, 6.07) is 11.9. The Balaban J connectivity index is 1.39. The molecule has 28 heavy (non-hydrogen) atoms. The molecular formula is C21H24N4O2S. The number of thiazole rings is 1. The number of pyridine rings is 1. The number of hydrogen-bond donors (Lipinski definition) is 0. The van der Waals surface area contributed by atoms with Crippen molar-refractivity contribution in [2.45, 2.75) is 6.54 Å². The van der Waals surface area contributed by atoms with Crippen LogP contribution >= 0.6 is 11.3 Å². The molecule has 1 saturated heterocycles. The molecule has 6 nitrogen and oxygen atoms in total. The highest BCUT2D eigenvalue weighted by molar-refractivity contribution is 7.13. The molecule has 3 heterocycles. The highest BCUT2D eigenvalue weighted by Gasteiger charge is 2.19. The average Bonchev–Trinajstić information content (AvgIpc) is 3.22. The van der Waals surface area contributed by atoms with Crippen LogP contribution in [0.15, 0.2) is 48.0 Å². The summed E-state index contributed by atoms with van der Waals surface area (Å²) >= 11 is 1.65. The zero-order valence-electron chi connectivity index (χ0n) is 16.2. The summed E-state index contributed by atoms with van der Waals surface area (Å²) in [5.41, 5.74) is 2.10. The molecule has 4 rings (SSSR count). The fourth-order valence-electron chi connectivity index (χ4n) is 3.38. The van der Waals surface area contributed by atoms with Crippen LogP contribution in [0.5, 0.6) is 11.5 Å². The van der Waals surface area contributed by atoms with Crippen molar-refractivity contribution in [2.24, 2.45) is 0 Å². The third-order valence-corrected chi connectivity index (χ3v) is 5.85. The first-order chi connectivity index (χ1) is 13.8. The predicted molar refractivity (Wildman–Crippen MR) is 112 cm³/mol. The minimum absolute atomic E-state index is 0.781. The molecule has 0 spiro atoms. The topological polar surface area (TPSA) is 50.7 Å². The van der Waals surface area contributed by atoms with E-state index in [1.807, 2.05) is 36.5 Å². The fourth-order valence-corrected chi connectivity index (χ4v) is 4.22. The highest BCUT2D eigenvalue weighted by Crippen LogP contribution is 2.35.